The van der Waals surface area contributed by atoms with Crippen LogP contribution >= 0.6 is 0 Å². The van der Waals surface area contributed by atoms with Crippen LogP contribution in [-0.2, 0) is 16.1 Å². The lowest BCUT2D eigenvalue weighted by Gasteiger charge is -2.24. The van der Waals surface area contributed by atoms with Gasteiger partial charge in [0.05, 0.1) is 0 Å². The standard InChI is InChI=1S/C24H29N3O4/c1-24(2,3)31-23(29)26-21-19-13-27(14-20(19)21)18-11-9-17(10-12-18)25-22(28)30-15-16-7-5-4-6-8-16/h4-12,19-21H,13-15H2,1-3H3,(H,25,28)(H,26,29)/t19-,20+,21+. The lowest BCUT2D eigenvalue weighted by Crippen LogP contribution is -2.38. The van der Waals surface area contributed by atoms with Gasteiger partial charge in [0, 0.05) is 42.3 Å². The second kappa shape index (κ2) is 8.49. The van der Waals surface area contributed by atoms with Crippen LogP contribution in [0.4, 0.5) is 21.0 Å². The summed E-state index contributed by atoms with van der Waals surface area (Å²) >= 11 is 0. The summed E-state index contributed by atoms with van der Waals surface area (Å²) in [6.45, 7) is 7.63. The Labute approximate surface area is 182 Å². The highest BCUT2D eigenvalue weighted by molar-refractivity contribution is 5.84. The zero-order valence-corrected chi connectivity index (χ0v) is 18.1. The molecule has 2 N–H and O–H groups in total. The number of anilines is 2. The van der Waals surface area contributed by atoms with E-state index in [-0.39, 0.29) is 18.7 Å². The molecule has 1 heterocycles. The summed E-state index contributed by atoms with van der Waals surface area (Å²) in [6.07, 6.45) is -0.817. The van der Waals surface area contributed by atoms with Crippen molar-refractivity contribution >= 4 is 23.6 Å². The number of rotatable bonds is 5. The third-order valence-corrected chi connectivity index (χ3v) is 5.57. The van der Waals surface area contributed by atoms with Crippen LogP contribution in [0.15, 0.2) is 54.6 Å². The van der Waals surface area contributed by atoms with Crippen molar-refractivity contribution in [1.29, 1.82) is 0 Å². The van der Waals surface area contributed by atoms with Crippen LogP contribution < -0.4 is 15.5 Å². The maximum absolute atomic E-state index is 12.0. The van der Waals surface area contributed by atoms with Crippen LogP contribution in [0.25, 0.3) is 0 Å². The van der Waals surface area contributed by atoms with Gasteiger partial charge in [-0.25, -0.2) is 9.59 Å². The van der Waals surface area contributed by atoms with E-state index in [1.807, 2.05) is 75.4 Å². The number of carbonyl (C=O) groups excluding carboxylic acids is 2. The molecule has 164 valence electrons. The number of hydrogen-bond donors (Lipinski definition) is 2. The Morgan fingerprint density at radius 3 is 2.23 bits per heavy atom. The van der Waals surface area contributed by atoms with Crippen molar-refractivity contribution in [3.05, 3.63) is 60.2 Å². The Morgan fingerprint density at radius 2 is 1.61 bits per heavy atom. The lowest BCUT2D eigenvalue weighted by atomic mass is 10.2. The predicted molar refractivity (Wildman–Crippen MR) is 119 cm³/mol. The van der Waals surface area contributed by atoms with Gasteiger partial charge in [0.15, 0.2) is 0 Å². The average Bonchev–Trinajstić information content (AvgIpc) is 3.15. The molecule has 0 bridgehead atoms. The van der Waals surface area contributed by atoms with Gasteiger partial charge in [0.2, 0.25) is 0 Å². The molecule has 2 aromatic carbocycles. The largest absolute Gasteiger partial charge is 0.444 e. The summed E-state index contributed by atoms with van der Waals surface area (Å²) in [5.74, 6) is 0.913. The average molecular weight is 424 g/mol. The van der Waals surface area contributed by atoms with E-state index in [1.165, 1.54) is 0 Å². The second-order valence-electron chi connectivity index (χ2n) is 9.14. The molecule has 0 unspecified atom stereocenters. The Balaban J connectivity index is 1.21. The number of ether oxygens (including phenoxy) is 2. The summed E-state index contributed by atoms with van der Waals surface area (Å²) < 4.78 is 10.6. The van der Waals surface area contributed by atoms with Crippen molar-refractivity contribution in [2.45, 2.75) is 39.0 Å². The smallest absolute Gasteiger partial charge is 0.411 e. The minimum absolute atomic E-state index is 0.200. The monoisotopic (exact) mass is 423 g/mol. The van der Waals surface area contributed by atoms with Crippen LogP contribution in [-0.4, -0.2) is 36.9 Å². The van der Waals surface area contributed by atoms with Gasteiger partial charge in [0.25, 0.3) is 0 Å². The number of amides is 2. The van der Waals surface area contributed by atoms with E-state index in [0.29, 0.717) is 17.5 Å². The van der Waals surface area contributed by atoms with Gasteiger partial charge in [-0.2, -0.15) is 0 Å². The number of piperidine rings is 1. The van der Waals surface area contributed by atoms with E-state index in [1.54, 1.807) is 0 Å². The Kier molecular flexibility index (Phi) is 5.76. The SMILES string of the molecule is CC(C)(C)OC(=O)N[C@H]1[C@@H]2CN(c3ccc(NC(=O)OCc4ccccc4)cc3)C[C@@H]21. The van der Waals surface area contributed by atoms with Gasteiger partial charge in [-0.15, -0.1) is 0 Å². The molecule has 7 nitrogen and oxygen atoms in total. The summed E-state index contributed by atoms with van der Waals surface area (Å²) in [5.41, 5.74) is 2.26. The van der Waals surface area contributed by atoms with Crippen molar-refractivity contribution in [3.63, 3.8) is 0 Å². The van der Waals surface area contributed by atoms with E-state index in [9.17, 15) is 9.59 Å². The van der Waals surface area contributed by atoms with Crippen LogP contribution in [0.5, 0.6) is 0 Å². The number of fused-ring (bicyclic) bond motifs is 1. The van der Waals surface area contributed by atoms with Crippen LogP contribution in [0.3, 0.4) is 0 Å². The molecule has 4 rings (SSSR count). The molecule has 31 heavy (non-hydrogen) atoms. The van der Waals surface area contributed by atoms with Crippen molar-refractivity contribution in [3.8, 4) is 0 Å². The molecule has 1 aliphatic carbocycles. The van der Waals surface area contributed by atoms with Gasteiger partial charge >= 0.3 is 12.2 Å². The Hall–Kier alpha value is -3.22. The minimum Gasteiger partial charge on any atom is -0.444 e. The molecular weight excluding hydrogens is 394 g/mol. The normalized spacial score (nSPS) is 21.8. The molecule has 0 aromatic heterocycles. The van der Waals surface area contributed by atoms with E-state index in [4.69, 9.17) is 9.47 Å². The van der Waals surface area contributed by atoms with Gasteiger partial charge in [-0.1, -0.05) is 30.3 Å². The van der Waals surface area contributed by atoms with Gasteiger partial charge in [0.1, 0.15) is 12.2 Å². The highest BCUT2D eigenvalue weighted by atomic mass is 16.6. The first-order valence-corrected chi connectivity index (χ1v) is 10.6. The highest BCUT2D eigenvalue weighted by Crippen LogP contribution is 2.47. The molecule has 1 saturated heterocycles. The number of carbonyl (C=O) groups is 2. The van der Waals surface area contributed by atoms with Crippen LogP contribution in [0.2, 0.25) is 0 Å². The summed E-state index contributed by atoms with van der Waals surface area (Å²) in [4.78, 5) is 26.3. The topological polar surface area (TPSA) is 79.9 Å². The molecule has 3 atom stereocenters. The molecule has 2 fully saturated rings. The van der Waals surface area contributed by atoms with E-state index >= 15 is 0 Å². The van der Waals surface area contributed by atoms with Crippen molar-refractivity contribution in [2.75, 3.05) is 23.3 Å². The number of nitrogens with zero attached hydrogens (tertiary/aromatic N) is 1. The first kappa shape index (κ1) is 21.0. The zero-order valence-electron chi connectivity index (χ0n) is 18.1. The molecular formula is C24H29N3O4. The van der Waals surface area contributed by atoms with Crippen LogP contribution in [0.1, 0.15) is 26.3 Å². The zero-order chi connectivity index (χ0) is 22.0. The molecule has 0 radical (unpaired) electrons. The fourth-order valence-electron chi connectivity index (χ4n) is 4.03. The van der Waals surface area contributed by atoms with E-state index < -0.39 is 11.7 Å². The number of hydrogen-bond acceptors (Lipinski definition) is 5. The molecule has 1 saturated carbocycles. The maximum Gasteiger partial charge on any atom is 0.411 e. The van der Waals surface area contributed by atoms with Crippen molar-refractivity contribution < 1.29 is 19.1 Å². The first-order chi connectivity index (χ1) is 14.8. The van der Waals surface area contributed by atoms with Gasteiger partial charge < -0.3 is 19.7 Å². The molecule has 2 aliphatic rings. The Morgan fingerprint density at radius 1 is 0.968 bits per heavy atom. The third kappa shape index (κ3) is 5.48. The first-order valence-electron chi connectivity index (χ1n) is 10.6. The number of alkyl carbamates (subject to hydrolysis) is 1. The quantitative estimate of drug-likeness (QED) is 0.745. The molecule has 1 aliphatic heterocycles. The molecule has 0 spiro atoms. The van der Waals surface area contributed by atoms with E-state index in [0.717, 1.165) is 24.3 Å². The second-order valence-corrected chi connectivity index (χ2v) is 9.14. The maximum atomic E-state index is 12.0. The minimum atomic E-state index is -0.482. The predicted octanol–water partition coefficient (Wildman–Crippen LogP) is 4.39. The highest BCUT2D eigenvalue weighted by Gasteiger charge is 2.56. The van der Waals surface area contributed by atoms with Gasteiger partial charge in [-0.05, 0) is 50.6 Å². The fraction of sp³-hybridized carbons (Fsp3) is 0.417. The van der Waals surface area contributed by atoms with Crippen molar-refractivity contribution in [2.24, 2.45) is 11.8 Å². The summed E-state index contributed by atoms with van der Waals surface area (Å²) in [5, 5.41) is 5.74. The number of benzene rings is 2. The summed E-state index contributed by atoms with van der Waals surface area (Å²) in [6, 6.07) is 17.5. The lowest BCUT2D eigenvalue weighted by molar-refractivity contribution is 0.0518. The Bertz CT molecular complexity index is 912. The van der Waals surface area contributed by atoms with E-state index in [2.05, 4.69) is 15.5 Å². The fourth-order valence-corrected chi connectivity index (χ4v) is 4.03. The molecule has 2 aromatic rings. The number of nitrogens with one attached hydrogen (secondary N) is 2. The van der Waals surface area contributed by atoms with Crippen molar-refractivity contribution in [1.82, 2.24) is 5.32 Å². The third-order valence-electron chi connectivity index (χ3n) is 5.57. The van der Waals surface area contributed by atoms with Crippen LogP contribution in [0, 0.1) is 11.8 Å². The molecule has 2 amide bonds. The molecule has 7 heteroatoms. The summed E-state index contributed by atoms with van der Waals surface area (Å²) in [7, 11) is 0. The van der Waals surface area contributed by atoms with Gasteiger partial charge in [-0.3, -0.25) is 5.32 Å².